The number of ether oxygens (including phenoxy) is 2. The summed E-state index contributed by atoms with van der Waals surface area (Å²) >= 11 is 0. The van der Waals surface area contributed by atoms with Crippen molar-refractivity contribution in [1.29, 1.82) is 0 Å². The highest BCUT2D eigenvalue weighted by Gasteiger charge is 2.53. The highest BCUT2D eigenvalue weighted by atomic mass is 16.6. The number of aliphatic hydroxyl groups is 1. The van der Waals surface area contributed by atoms with Crippen LogP contribution < -0.4 is 5.32 Å². The number of epoxide rings is 1. The van der Waals surface area contributed by atoms with Crippen LogP contribution in [0.5, 0.6) is 0 Å². The molecule has 0 radical (unpaired) electrons. The van der Waals surface area contributed by atoms with Crippen molar-refractivity contribution in [2.45, 2.75) is 102 Å². The van der Waals surface area contributed by atoms with E-state index in [1.165, 1.54) is 17.7 Å². The second-order valence-corrected chi connectivity index (χ2v) is 10.1. The van der Waals surface area contributed by atoms with Crippen LogP contribution in [-0.4, -0.2) is 47.1 Å². The largest absolute Gasteiger partial charge is 0.389 e. The van der Waals surface area contributed by atoms with Crippen LogP contribution in [0.25, 0.3) is 0 Å². The van der Waals surface area contributed by atoms with E-state index in [2.05, 4.69) is 44.3 Å². The summed E-state index contributed by atoms with van der Waals surface area (Å²) < 4.78 is 11.9. The monoisotopic (exact) mass is 417 g/mol. The van der Waals surface area contributed by atoms with Gasteiger partial charge in [0.25, 0.3) is 0 Å². The number of nitrogens with one attached hydrogen (secondary N) is 1. The maximum atomic E-state index is 11.9. The molecule has 2 heterocycles. The lowest BCUT2D eigenvalue weighted by molar-refractivity contribution is -0.117. The molecule has 2 aliphatic heterocycles. The molecular formula is C25H39NO4. The van der Waals surface area contributed by atoms with E-state index in [-0.39, 0.29) is 29.3 Å². The average Bonchev–Trinajstić information content (AvgIpc) is 3.40. The first-order chi connectivity index (χ1) is 14.1. The molecule has 0 aromatic heterocycles. The minimum atomic E-state index is -0.588. The van der Waals surface area contributed by atoms with Gasteiger partial charge in [-0.15, -0.1) is 0 Å². The summed E-state index contributed by atoms with van der Waals surface area (Å²) in [5.74, 6) is 0.578. The average molecular weight is 418 g/mol. The number of hydrogen-bond acceptors (Lipinski definition) is 4. The smallest absolute Gasteiger partial charge is 0.243 e. The van der Waals surface area contributed by atoms with E-state index in [4.69, 9.17) is 9.47 Å². The summed E-state index contributed by atoms with van der Waals surface area (Å²) in [6.45, 7) is 8.98. The van der Waals surface area contributed by atoms with Gasteiger partial charge in [-0.2, -0.15) is 0 Å². The number of amides is 1. The Labute approximate surface area is 181 Å². The third-order valence-electron chi connectivity index (χ3n) is 6.41. The maximum Gasteiger partial charge on any atom is 0.243 e. The molecule has 0 bridgehead atoms. The summed E-state index contributed by atoms with van der Waals surface area (Å²) in [4.78, 5) is 11.9. The van der Waals surface area contributed by atoms with Gasteiger partial charge in [-0.05, 0) is 65.7 Å². The Morgan fingerprint density at radius 2 is 1.93 bits per heavy atom. The zero-order valence-electron chi connectivity index (χ0n) is 19.0. The van der Waals surface area contributed by atoms with Crippen molar-refractivity contribution in [2.24, 2.45) is 5.92 Å². The van der Waals surface area contributed by atoms with Gasteiger partial charge in [-0.3, -0.25) is 4.79 Å². The Morgan fingerprint density at radius 3 is 2.57 bits per heavy atom. The molecule has 1 spiro atoms. The molecule has 0 aromatic carbocycles. The Bertz CT molecular complexity index is 673. The fourth-order valence-corrected chi connectivity index (χ4v) is 4.84. The predicted molar refractivity (Wildman–Crippen MR) is 119 cm³/mol. The predicted octanol–water partition coefficient (Wildman–Crippen LogP) is 4.22. The molecule has 3 atom stereocenters. The van der Waals surface area contributed by atoms with Gasteiger partial charge in [-0.25, -0.2) is 0 Å². The van der Waals surface area contributed by atoms with E-state index >= 15 is 0 Å². The number of carbonyl (C=O) groups is 1. The molecule has 168 valence electrons. The Kier molecular flexibility index (Phi) is 7.59. The van der Waals surface area contributed by atoms with E-state index < -0.39 is 6.10 Å². The zero-order chi connectivity index (χ0) is 21.8. The lowest BCUT2D eigenvalue weighted by Gasteiger charge is -2.38. The van der Waals surface area contributed by atoms with Crippen molar-refractivity contribution in [3.63, 3.8) is 0 Å². The zero-order valence-corrected chi connectivity index (χ0v) is 19.0. The lowest BCUT2D eigenvalue weighted by atomic mass is 9.83. The van der Waals surface area contributed by atoms with Gasteiger partial charge in [0.2, 0.25) is 5.91 Å². The van der Waals surface area contributed by atoms with Crippen molar-refractivity contribution in [3.05, 3.63) is 36.0 Å². The third-order valence-corrected chi connectivity index (χ3v) is 6.41. The van der Waals surface area contributed by atoms with Gasteiger partial charge in [0.15, 0.2) is 0 Å². The molecule has 0 aromatic rings. The van der Waals surface area contributed by atoms with Crippen LogP contribution in [-0.2, 0) is 14.3 Å². The summed E-state index contributed by atoms with van der Waals surface area (Å²) in [7, 11) is 0. The maximum absolute atomic E-state index is 11.9. The van der Waals surface area contributed by atoms with Gasteiger partial charge in [0.1, 0.15) is 0 Å². The topological polar surface area (TPSA) is 71.1 Å². The molecule has 3 fully saturated rings. The molecule has 1 amide bonds. The number of aliphatic hydroxyl groups excluding tert-OH is 1. The Balaban J connectivity index is 1.39. The number of carbonyl (C=O) groups excluding carboxylic acids is 1. The van der Waals surface area contributed by atoms with Crippen LogP contribution in [0.3, 0.4) is 0 Å². The van der Waals surface area contributed by atoms with Crippen LogP contribution in [0.15, 0.2) is 36.0 Å². The number of hydrogen-bond donors (Lipinski definition) is 2. The molecule has 3 rings (SSSR count). The first kappa shape index (κ1) is 23.2. The summed E-state index contributed by atoms with van der Waals surface area (Å²) in [5.41, 5.74) is 1.22. The normalized spacial score (nSPS) is 35.1. The van der Waals surface area contributed by atoms with Gasteiger partial charge >= 0.3 is 0 Å². The standard InChI is InChI=1S/C25H39NO4/c1-18(6-13-22-15-25(17-29-25)16-24(3,4)30-22)5-8-20-9-11-21(12-10-20)26-23(28)14-7-19(2)27/h5-7,13-14,19-22,27H,8-12,15-17H2,1-4H3,(H,26,28)/b13-6+,14-7+,18-5+/t19?,20?,21?,22-,25-/m1/s1. The molecule has 2 N–H and O–H groups in total. The molecule has 30 heavy (non-hydrogen) atoms. The van der Waals surface area contributed by atoms with Gasteiger partial charge in [0.05, 0.1) is 30.0 Å². The Morgan fingerprint density at radius 1 is 1.23 bits per heavy atom. The lowest BCUT2D eigenvalue weighted by Crippen LogP contribution is -2.43. The second kappa shape index (κ2) is 9.80. The molecule has 1 unspecified atom stereocenters. The third kappa shape index (κ3) is 7.36. The molecule has 1 saturated carbocycles. The fraction of sp³-hybridized carbons (Fsp3) is 0.720. The molecule has 5 nitrogen and oxygen atoms in total. The van der Waals surface area contributed by atoms with Gasteiger partial charge in [0, 0.05) is 25.0 Å². The van der Waals surface area contributed by atoms with E-state index in [0.717, 1.165) is 51.6 Å². The van der Waals surface area contributed by atoms with Crippen LogP contribution in [0, 0.1) is 5.92 Å². The minimum absolute atomic E-state index is 0.0641. The number of allylic oxidation sites excluding steroid dienone is 3. The van der Waals surface area contributed by atoms with E-state index in [1.54, 1.807) is 6.92 Å². The molecular weight excluding hydrogens is 378 g/mol. The minimum Gasteiger partial charge on any atom is -0.389 e. The quantitative estimate of drug-likeness (QED) is 0.370. The SMILES string of the molecule is CC(/C=C/[C@@H]1C[C@]2(CO2)CC(C)(C)O1)=C\CC1CCC(NC(=O)/C=C/C(C)O)CC1. The van der Waals surface area contributed by atoms with Crippen molar-refractivity contribution in [1.82, 2.24) is 5.32 Å². The fourth-order valence-electron chi connectivity index (χ4n) is 4.84. The van der Waals surface area contributed by atoms with Crippen molar-refractivity contribution in [3.8, 4) is 0 Å². The van der Waals surface area contributed by atoms with Gasteiger partial charge < -0.3 is 19.9 Å². The summed E-state index contributed by atoms with van der Waals surface area (Å²) in [6, 6.07) is 0.251. The summed E-state index contributed by atoms with van der Waals surface area (Å²) in [6.07, 6.45) is 16.6. The molecule has 5 heteroatoms. The second-order valence-electron chi connectivity index (χ2n) is 10.1. The van der Waals surface area contributed by atoms with Crippen molar-refractivity contribution in [2.75, 3.05) is 6.61 Å². The van der Waals surface area contributed by atoms with E-state index in [1.807, 2.05) is 0 Å². The van der Waals surface area contributed by atoms with Crippen LogP contribution in [0.2, 0.25) is 0 Å². The molecule has 3 aliphatic rings. The first-order valence-electron chi connectivity index (χ1n) is 11.5. The van der Waals surface area contributed by atoms with Gasteiger partial charge in [-0.1, -0.05) is 29.9 Å². The number of rotatable bonds is 7. The van der Waals surface area contributed by atoms with Crippen LogP contribution in [0.4, 0.5) is 0 Å². The highest BCUT2D eigenvalue weighted by molar-refractivity contribution is 5.87. The van der Waals surface area contributed by atoms with Crippen molar-refractivity contribution < 1.29 is 19.4 Å². The molecule has 2 saturated heterocycles. The summed E-state index contributed by atoms with van der Waals surface area (Å²) in [5, 5.41) is 12.3. The van der Waals surface area contributed by atoms with Crippen molar-refractivity contribution >= 4 is 5.91 Å². The first-order valence-corrected chi connectivity index (χ1v) is 11.5. The van der Waals surface area contributed by atoms with Crippen LogP contribution in [0.1, 0.15) is 72.6 Å². The highest BCUT2D eigenvalue weighted by Crippen LogP contribution is 2.46. The van der Waals surface area contributed by atoms with Crippen LogP contribution >= 0.6 is 0 Å². The molecule has 1 aliphatic carbocycles. The van der Waals surface area contributed by atoms with E-state index in [9.17, 15) is 9.90 Å². The Hall–Kier alpha value is -1.43. The van der Waals surface area contributed by atoms with E-state index in [0.29, 0.717) is 5.92 Å².